The van der Waals surface area contributed by atoms with Crippen LogP contribution in [-0.2, 0) is 34.4 Å². The average Bonchev–Trinajstić information content (AvgIpc) is 2.43. The number of carbonyl (C=O) groups excluding carboxylic acids is 1. The summed E-state index contributed by atoms with van der Waals surface area (Å²) in [6, 6.07) is 5.37. The van der Waals surface area contributed by atoms with E-state index in [1.807, 2.05) is 0 Å². The van der Waals surface area contributed by atoms with Crippen LogP contribution in [0.5, 0.6) is 0 Å². The second-order valence-corrected chi connectivity index (χ2v) is 7.56. The maximum absolute atomic E-state index is 11.8. The van der Waals surface area contributed by atoms with Crippen molar-refractivity contribution >= 4 is 47.0 Å². The van der Waals surface area contributed by atoms with Crippen LogP contribution in [0, 0.1) is 0 Å². The summed E-state index contributed by atoms with van der Waals surface area (Å²) in [4.78, 5) is 11.6. The van der Waals surface area contributed by atoms with Crippen LogP contribution in [0.15, 0.2) is 29.2 Å². The zero-order valence-electron chi connectivity index (χ0n) is 12.8. The first kappa shape index (κ1) is 22.9. The van der Waals surface area contributed by atoms with Crippen LogP contribution in [0.1, 0.15) is 32.1 Å². The molecule has 1 atom stereocenters. The summed E-state index contributed by atoms with van der Waals surface area (Å²) in [5.41, 5.74) is 0.500. The number of rotatable bonds is 9. The number of anilines is 1. The Kier molecular flexibility index (Phi) is 11.4. The van der Waals surface area contributed by atoms with Crippen LogP contribution in [0.25, 0.3) is 0 Å². The molecule has 23 heavy (non-hydrogen) atoms. The predicted octanol–water partition coefficient (Wildman–Crippen LogP) is 3.05. The second kappa shape index (κ2) is 11.5. The molecule has 1 rings (SSSR count). The fourth-order valence-corrected chi connectivity index (χ4v) is 3.20. The Morgan fingerprint density at radius 2 is 1.78 bits per heavy atom. The third-order valence-electron chi connectivity index (χ3n) is 3.09. The predicted molar refractivity (Wildman–Crippen MR) is 94.6 cm³/mol. The van der Waals surface area contributed by atoms with Gasteiger partial charge < -0.3 is 5.32 Å². The first-order chi connectivity index (χ1) is 10.3. The molecule has 0 aliphatic rings. The van der Waals surface area contributed by atoms with Gasteiger partial charge in [0.15, 0.2) is 0 Å². The molecule has 0 spiro atoms. The van der Waals surface area contributed by atoms with Gasteiger partial charge in [0.05, 0.1) is 4.90 Å². The van der Waals surface area contributed by atoms with Gasteiger partial charge >= 0.3 is 19.5 Å². The quantitative estimate of drug-likeness (QED) is 0.211. The van der Waals surface area contributed by atoms with E-state index >= 15 is 0 Å². The summed E-state index contributed by atoms with van der Waals surface area (Å²) in [7, 11) is -4.20. The summed E-state index contributed by atoms with van der Waals surface area (Å²) < 4.78 is 30.7. The van der Waals surface area contributed by atoms with Crippen molar-refractivity contribution in [3.05, 3.63) is 24.3 Å². The van der Waals surface area contributed by atoms with Gasteiger partial charge in [-0.15, -0.1) is 0 Å². The minimum absolute atomic E-state index is 0. The number of thiol groups is 2. The molecular weight excluding hydrogens is 408 g/mol. The zero-order valence-corrected chi connectivity index (χ0v) is 18.4. The summed E-state index contributed by atoms with van der Waals surface area (Å²) in [6.45, 7) is 0. The van der Waals surface area contributed by atoms with Crippen LogP contribution in [0.3, 0.4) is 0 Å². The summed E-state index contributed by atoms with van der Waals surface area (Å²) in [5.74, 6) is 0.693. The maximum atomic E-state index is 11.8. The molecule has 1 unspecified atom stereocenters. The topological polar surface area (TPSA) is 83.5 Å². The molecule has 0 radical (unpaired) electrons. The summed E-state index contributed by atoms with van der Waals surface area (Å²) >= 11 is 8.58. The molecule has 0 aromatic heterocycles. The molecule has 0 saturated heterocycles. The van der Waals surface area contributed by atoms with E-state index in [4.69, 9.17) is 4.55 Å². The SMILES string of the molecule is O=C(CCCCC(S)CCS)Nc1ccc(S(=O)(=O)O)cc1.[Zn+2]. The molecule has 0 aliphatic heterocycles. The number of amides is 1. The van der Waals surface area contributed by atoms with E-state index in [0.29, 0.717) is 17.4 Å². The molecule has 124 valence electrons. The molecule has 1 aromatic rings. The van der Waals surface area contributed by atoms with Crippen LogP contribution >= 0.6 is 25.3 Å². The van der Waals surface area contributed by atoms with E-state index in [9.17, 15) is 13.2 Å². The van der Waals surface area contributed by atoms with E-state index in [2.05, 4.69) is 30.6 Å². The zero-order chi connectivity index (χ0) is 16.6. The van der Waals surface area contributed by atoms with Crippen molar-refractivity contribution in [1.82, 2.24) is 0 Å². The number of hydrogen-bond acceptors (Lipinski definition) is 5. The van der Waals surface area contributed by atoms with E-state index < -0.39 is 10.1 Å². The molecule has 5 nitrogen and oxygen atoms in total. The van der Waals surface area contributed by atoms with Crippen LogP contribution in [0.4, 0.5) is 5.69 Å². The smallest absolute Gasteiger partial charge is 0.326 e. The second-order valence-electron chi connectivity index (χ2n) is 4.96. The normalized spacial score (nSPS) is 12.3. The average molecular weight is 429 g/mol. The van der Waals surface area contributed by atoms with Gasteiger partial charge in [0.2, 0.25) is 5.91 Å². The van der Waals surface area contributed by atoms with Crippen molar-refractivity contribution in [3.8, 4) is 0 Å². The number of hydrogen-bond donors (Lipinski definition) is 4. The molecule has 0 saturated carbocycles. The van der Waals surface area contributed by atoms with Gasteiger partial charge in [-0.2, -0.15) is 33.7 Å². The molecule has 0 fully saturated rings. The van der Waals surface area contributed by atoms with Crippen molar-refractivity contribution in [2.24, 2.45) is 0 Å². The van der Waals surface area contributed by atoms with E-state index in [1.165, 1.54) is 24.3 Å². The molecular formula is C14H21NO4S3Zn+2. The van der Waals surface area contributed by atoms with Crippen LogP contribution in [-0.4, -0.2) is 29.9 Å². The third kappa shape index (κ3) is 9.72. The Morgan fingerprint density at radius 3 is 2.30 bits per heavy atom. The minimum atomic E-state index is -4.20. The monoisotopic (exact) mass is 427 g/mol. The number of nitrogens with one attached hydrogen (secondary N) is 1. The third-order valence-corrected chi connectivity index (χ3v) is 4.73. The molecule has 0 heterocycles. The van der Waals surface area contributed by atoms with Gasteiger partial charge in [0.1, 0.15) is 0 Å². The van der Waals surface area contributed by atoms with Crippen LogP contribution < -0.4 is 5.32 Å². The van der Waals surface area contributed by atoms with Gasteiger partial charge in [-0.05, 0) is 49.3 Å². The van der Waals surface area contributed by atoms with Gasteiger partial charge in [-0.3, -0.25) is 9.35 Å². The van der Waals surface area contributed by atoms with E-state index in [0.717, 1.165) is 31.4 Å². The van der Waals surface area contributed by atoms with E-state index in [-0.39, 0.29) is 30.3 Å². The van der Waals surface area contributed by atoms with Crippen molar-refractivity contribution in [2.75, 3.05) is 11.1 Å². The molecule has 0 bridgehead atoms. The largest absolute Gasteiger partial charge is 2.00 e. The molecule has 2 N–H and O–H groups in total. The van der Waals surface area contributed by atoms with Crippen molar-refractivity contribution < 1.29 is 37.2 Å². The number of benzene rings is 1. The number of carbonyl (C=O) groups is 1. The van der Waals surface area contributed by atoms with Gasteiger partial charge in [0, 0.05) is 17.4 Å². The van der Waals surface area contributed by atoms with Gasteiger partial charge in [-0.1, -0.05) is 6.42 Å². The van der Waals surface area contributed by atoms with Crippen molar-refractivity contribution in [2.45, 2.75) is 42.2 Å². The summed E-state index contributed by atoms with van der Waals surface area (Å²) in [6.07, 6.45) is 4.02. The fourth-order valence-electron chi connectivity index (χ4n) is 1.89. The first-order valence-electron chi connectivity index (χ1n) is 6.99. The Balaban J connectivity index is 0.00000484. The van der Waals surface area contributed by atoms with E-state index in [1.54, 1.807) is 0 Å². The van der Waals surface area contributed by atoms with Gasteiger partial charge in [-0.25, -0.2) is 0 Å². The molecule has 0 aliphatic carbocycles. The molecule has 1 amide bonds. The number of unbranched alkanes of at least 4 members (excludes halogenated alkanes) is 1. The van der Waals surface area contributed by atoms with Crippen LogP contribution in [0.2, 0.25) is 0 Å². The Bertz CT molecular complexity index is 578. The Hall–Kier alpha value is -0.0766. The molecule has 1 aromatic carbocycles. The molecule has 9 heteroatoms. The minimum Gasteiger partial charge on any atom is -0.326 e. The standard InChI is InChI=1S/C14H21NO4S3.Zn/c16-14(4-2-1-3-12(21)9-10-20)15-11-5-7-13(8-6-11)22(17,18)19;/h5-8,12,20-21H,1-4,9-10H2,(H,15,16)(H,17,18,19);/q;+2. The summed E-state index contributed by atoms with van der Waals surface area (Å²) in [5, 5.41) is 3.01. The Labute approximate surface area is 161 Å². The van der Waals surface area contributed by atoms with Crippen molar-refractivity contribution in [3.63, 3.8) is 0 Å². The first-order valence-corrected chi connectivity index (χ1v) is 9.58. The fraction of sp³-hybridized carbons (Fsp3) is 0.500. The van der Waals surface area contributed by atoms with Crippen molar-refractivity contribution in [1.29, 1.82) is 0 Å². The Morgan fingerprint density at radius 1 is 1.17 bits per heavy atom. The van der Waals surface area contributed by atoms with Gasteiger partial charge in [0.25, 0.3) is 10.1 Å². The maximum Gasteiger partial charge on any atom is 2.00 e.